The van der Waals surface area contributed by atoms with Crippen LogP contribution in [0.3, 0.4) is 0 Å². The van der Waals surface area contributed by atoms with Crippen molar-refractivity contribution in [2.24, 2.45) is 0 Å². The number of benzene rings is 1. The smallest absolute Gasteiger partial charge is 0.228 e. The molecule has 0 atom stereocenters. The van der Waals surface area contributed by atoms with Crippen LogP contribution in [0.15, 0.2) is 18.2 Å². The van der Waals surface area contributed by atoms with Crippen LogP contribution in [-0.2, 0) is 16.0 Å². The maximum absolute atomic E-state index is 12.0. The molecule has 0 aromatic heterocycles. The highest BCUT2D eigenvalue weighted by Gasteiger charge is 2.19. The SMILES string of the molecule is CCCNC(=O)CCC(=O)c1ccc2c(c1)CC(=O)N2. The van der Waals surface area contributed by atoms with Gasteiger partial charge in [-0.15, -0.1) is 0 Å². The van der Waals surface area contributed by atoms with E-state index in [1.54, 1.807) is 18.2 Å². The van der Waals surface area contributed by atoms with Gasteiger partial charge in [0.2, 0.25) is 11.8 Å². The lowest BCUT2D eigenvalue weighted by Gasteiger charge is -2.05. The molecule has 5 heteroatoms. The number of carbonyl (C=O) groups is 3. The van der Waals surface area contributed by atoms with Crippen molar-refractivity contribution in [2.45, 2.75) is 32.6 Å². The maximum atomic E-state index is 12.0. The first-order valence-corrected chi connectivity index (χ1v) is 6.83. The highest BCUT2D eigenvalue weighted by Crippen LogP contribution is 2.24. The molecule has 1 aliphatic rings. The third kappa shape index (κ3) is 3.44. The Morgan fingerprint density at radius 2 is 2.10 bits per heavy atom. The fraction of sp³-hybridized carbons (Fsp3) is 0.400. The fourth-order valence-corrected chi connectivity index (χ4v) is 2.13. The molecule has 2 amide bonds. The van der Waals surface area contributed by atoms with E-state index in [1.165, 1.54) is 0 Å². The van der Waals surface area contributed by atoms with Crippen LogP contribution in [-0.4, -0.2) is 24.1 Å². The third-order valence-corrected chi connectivity index (χ3v) is 3.20. The molecule has 106 valence electrons. The van der Waals surface area contributed by atoms with Gasteiger partial charge in [0.15, 0.2) is 5.78 Å². The van der Waals surface area contributed by atoms with E-state index >= 15 is 0 Å². The average Bonchev–Trinajstić information content (AvgIpc) is 2.81. The Balaban J connectivity index is 1.92. The van der Waals surface area contributed by atoms with Crippen molar-refractivity contribution in [3.8, 4) is 0 Å². The van der Waals surface area contributed by atoms with Gasteiger partial charge < -0.3 is 10.6 Å². The Morgan fingerprint density at radius 1 is 1.30 bits per heavy atom. The Kier molecular flexibility index (Phi) is 4.50. The van der Waals surface area contributed by atoms with E-state index in [0.29, 0.717) is 18.5 Å². The summed E-state index contributed by atoms with van der Waals surface area (Å²) >= 11 is 0. The number of Topliss-reactive ketones (excluding diaryl/α,β-unsaturated/α-hetero) is 1. The molecular weight excluding hydrogens is 256 g/mol. The van der Waals surface area contributed by atoms with Crippen molar-refractivity contribution in [2.75, 3.05) is 11.9 Å². The summed E-state index contributed by atoms with van der Waals surface area (Å²) in [6.07, 6.45) is 1.59. The van der Waals surface area contributed by atoms with Crippen molar-refractivity contribution in [3.05, 3.63) is 29.3 Å². The second-order valence-electron chi connectivity index (χ2n) is 4.87. The zero-order valence-corrected chi connectivity index (χ0v) is 11.5. The molecule has 1 aromatic carbocycles. The van der Waals surface area contributed by atoms with E-state index in [2.05, 4.69) is 10.6 Å². The van der Waals surface area contributed by atoms with Crippen molar-refractivity contribution >= 4 is 23.3 Å². The van der Waals surface area contributed by atoms with Crippen molar-refractivity contribution in [1.82, 2.24) is 5.32 Å². The first-order chi connectivity index (χ1) is 9.60. The number of fused-ring (bicyclic) bond motifs is 1. The zero-order chi connectivity index (χ0) is 14.5. The van der Waals surface area contributed by atoms with E-state index in [1.807, 2.05) is 6.92 Å². The number of amides is 2. The predicted octanol–water partition coefficient (Wildman–Crippen LogP) is 1.67. The molecular formula is C15H18N2O3. The molecule has 20 heavy (non-hydrogen) atoms. The Labute approximate surface area is 117 Å². The molecule has 0 bridgehead atoms. The molecule has 1 heterocycles. The van der Waals surface area contributed by atoms with E-state index in [4.69, 9.17) is 0 Å². The second-order valence-corrected chi connectivity index (χ2v) is 4.87. The van der Waals surface area contributed by atoms with Crippen LogP contribution in [0.4, 0.5) is 5.69 Å². The fourth-order valence-electron chi connectivity index (χ4n) is 2.13. The molecule has 0 aliphatic carbocycles. The van der Waals surface area contributed by atoms with E-state index < -0.39 is 0 Å². The van der Waals surface area contributed by atoms with Crippen LogP contribution in [0.1, 0.15) is 42.1 Å². The largest absolute Gasteiger partial charge is 0.356 e. The van der Waals surface area contributed by atoms with Crippen LogP contribution >= 0.6 is 0 Å². The van der Waals surface area contributed by atoms with Gasteiger partial charge in [0.05, 0.1) is 6.42 Å². The number of hydrogen-bond acceptors (Lipinski definition) is 3. The van der Waals surface area contributed by atoms with Crippen LogP contribution < -0.4 is 10.6 Å². The minimum atomic E-state index is -0.0989. The predicted molar refractivity (Wildman–Crippen MR) is 75.6 cm³/mol. The first-order valence-electron chi connectivity index (χ1n) is 6.83. The highest BCUT2D eigenvalue weighted by molar-refractivity contribution is 6.02. The number of ketones is 1. The topological polar surface area (TPSA) is 75.3 Å². The third-order valence-electron chi connectivity index (χ3n) is 3.20. The Bertz CT molecular complexity index is 552. The molecule has 1 aliphatic heterocycles. The normalized spacial score (nSPS) is 12.8. The molecule has 0 fully saturated rings. The summed E-state index contributed by atoms with van der Waals surface area (Å²) in [6.45, 7) is 2.62. The second kappa shape index (κ2) is 6.32. The van der Waals surface area contributed by atoms with Crippen molar-refractivity contribution < 1.29 is 14.4 Å². The van der Waals surface area contributed by atoms with Crippen molar-refractivity contribution in [3.63, 3.8) is 0 Å². The van der Waals surface area contributed by atoms with Crippen LogP contribution in [0, 0.1) is 0 Å². The summed E-state index contributed by atoms with van der Waals surface area (Å²) < 4.78 is 0. The molecule has 0 unspecified atom stereocenters. The molecule has 0 radical (unpaired) electrons. The Hall–Kier alpha value is -2.17. The minimum absolute atomic E-state index is 0.0523. The van der Waals surface area contributed by atoms with Gasteiger partial charge >= 0.3 is 0 Å². The van der Waals surface area contributed by atoms with Gasteiger partial charge in [0.25, 0.3) is 0 Å². The molecule has 2 rings (SSSR count). The number of hydrogen-bond donors (Lipinski definition) is 2. The van der Waals surface area contributed by atoms with Gasteiger partial charge in [-0.2, -0.15) is 0 Å². The lowest BCUT2D eigenvalue weighted by molar-refractivity contribution is -0.121. The van der Waals surface area contributed by atoms with Crippen LogP contribution in [0.2, 0.25) is 0 Å². The first kappa shape index (κ1) is 14.2. The van der Waals surface area contributed by atoms with Gasteiger partial charge in [0.1, 0.15) is 0 Å². The highest BCUT2D eigenvalue weighted by atomic mass is 16.2. The minimum Gasteiger partial charge on any atom is -0.356 e. The molecule has 0 spiro atoms. The molecule has 1 aromatic rings. The molecule has 5 nitrogen and oxygen atoms in total. The number of nitrogens with one attached hydrogen (secondary N) is 2. The van der Waals surface area contributed by atoms with Gasteiger partial charge in [-0.05, 0) is 30.2 Å². The van der Waals surface area contributed by atoms with E-state index in [-0.39, 0.29) is 30.4 Å². The summed E-state index contributed by atoms with van der Waals surface area (Å²) in [7, 11) is 0. The summed E-state index contributed by atoms with van der Waals surface area (Å²) in [4.78, 5) is 34.7. The summed E-state index contributed by atoms with van der Waals surface area (Å²) in [5, 5.41) is 5.46. The van der Waals surface area contributed by atoms with Gasteiger partial charge in [-0.3, -0.25) is 14.4 Å². The number of rotatable bonds is 6. The van der Waals surface area contributed by atoms with Gasteiger partial charge in [-0.25, -0.2) is 0 Å². The van der Waals surface area contributed by atoms with Gasteiger partial charge in [0, 0.05) is 30.6 Å². The average molecular weight is 274 g/mol. The standard InChI is InChI=1S/C15H18N2O3/c1-2-7-16-14(19)6-5-13(18)10-3-4-12-11(8-10)9-15(20)17-12/h3-4,8H,2,5-7,9H2,1H3,(H,16,19)(H,17,20). The Morgan fingerprint density at radius 3 is 2.85 bits per heavy atom. The molecule has 0 saturated heterocycles. The maximum Gasteiger partial charge on any atom is 0.228 e. The monoisotopic (exact) mass is 274 g/mol. The quantitative estimate of drug-likeness (QED) is 0.775. The number of anilines is 1. The van der Waals surface area contributed by atoms with Gasteiger partial charge in [-0.1, -0.05) is 6.92 Å². The summed E-state index contributed by atoms with van der Waals surface area (Å²) in [5.74, 6) is -0.222. The van der Waals surface area contributed by atoms with E-state index in [9.17, 15) is 14.4 Å². The zero-order valence-electron chi connectivity index (χ0n) is 11.5. The lowest BCUT2D eigenvalue weighted by Crippen LogP contribution is -2.24. The van der Waals surface area contributed by atoms with Crippen LogP contribution in [0.5, 0.6) is 0 Å². The van der Waals surface area contributed by atoms with E-state index in [0.717, 1.165) is 17.7 Å². The summed E-state index contributed by atoms with van der Waals surface area (Å²) in [6, 6.07) is 5.17. The summed E-state index contributed by atoms with van der Waals surface area (Å²) in [5.41, 5.74) is 2.17. The van der Waals surface area contributed by atoms with Crippen molar-refractivity contribution in [1.29, 1.82) is 0 Å². The molecule has 2 N–H and O–H groups in total. The lowest BCUT2D eigenvalue weighted by atomic mass is 10.0. The molecule has 0 saturated carbocycles. The number of carbonyl (C=O) groups excluding carboxylic acids is 3. The van der Waals surface area contributed by atoms with Crippen LogP contribution in [0.25, 0.3) is 0 Å².